The summed E-state index contributed by atoms with van der Waals surface area (Å²) in [7, 11) is 0. The Bertz CT molecular complexity index is 331. The normalized spacial score (nSPS) is 11.5. The molecular weight excluding hydrogens is 240 g/mol. The lowest BCUT2D eigenvalue weighted by molar-refractivity contribution is -0.133. The van der Waals surface area contributed by atoms with Crippen LogP contribution in [0.25, 0.3) is 0 Å². The molecule has 5 heteroatoms. The lowest BCUT2D eigenvalue weighted by Crippen LogP contribution is -2.42. The average Bonchev–Trinajstić information content (AvgIpc) is 2.29. The highest BCUT2D eigenvalue weighted by atomic mass is 35.5. The minimum Gasteiger partial charge on any atom is -0.395 e. The van der Waals surface area contributed by atoms with Crippen LogP contribution in [-0.2, 0) is 11.3 Å². The maximum absolute atomic E-state index is 11.7. The van der Waals surface area contributed by atoms with Crippen LogP contribution >= 0.6 is 12.4 Å². The number of nitrogens with zero attached hydrogens (tertiary/aromatic N) is 1. The molecule has 1 aromatic carbocycles. The number of halogens is 1. The zero-order chi connectivity index (χ0) is 12.0. The van der Waals surface area contributed by atoms with Crippen molar-refractivity contribution in [3.8, 4) is 0 Å². The van der Waals surface area contributed by atoms with Gasteiger partial charge in [0.15, 0.2) is 0 Å². The van der Waals surface area contributed by atoms with Gasteiger partial charge in [0, 0.05) is 13.1 Å². The molecule has 0 aliphatic rings. The third-order valence-corrected chi connectivity index (χ3v) is 2.29. The van der Waals surface area contributed by atoms with Gasteiger partial charge in [0.2, 0.25) is 5.91 Å². The molecule has 96 valence electrons. The summed E-state index contributed by atoms with van der Waals surface area (Å²) < 4.78 is 0. The van der Waals surface area contributed by atoms with E-state index in [9.17, 15) is 4.79 Å². The summed E-state index contributed by atoms with van der Waals surface area (Å²) in [5, 5.41) is 8.91. The van der Waals surface area contributed by atoms with Gasteiger partial charge in [0.05, 0.1) is 12.6 Å². The van der Waals surface area contributed by atoms with E-state index in [1.807, 2.05) is 30.3 Å². The standard InChI is InChI=1S/C12H18N2O2.ClH/c1-10(13)12(16)14(7-8-15)9-11-5-3-2-4-6-11;/h2-6,10,15H,7-9,13H2,1H3;1H. The molecule has 0 heterocycles. The van der Waals surface area contributed by atoms with Crippen molar-refractivity contribution < 1.29 is 9.90 Å². The molecule has 0 bridgehead atoms. The summed E-state index contributed by atoms with van der Waals surface area (Å²) in [6.45, 7) is 2.40. The predicted molar refractivity (Wildman–Crippen MR) is 69.8 cm³/mol. The first kappa shape index (κ1) is 15.9. The van der Waals surface area contributed by atoms with Crippen LogP contribution in [0.1, 0.15) is 12.5 Å². The number of rotatable bonds is 5. The van der Waals surface area contributed by atoms with Crippen molar-refractivity contribution in [2.24, 2.45) is 5.73 Å². The van der Waals surface area contributed by atoms with Crippen LogP contribution in [0.15, 0.2) is 30.3 Å². The van der Waals surface area contributed by atoms with Crippen LogP contribution in [0.4, 0.5) is 0 Å². The maximum atomic E-state index is 11.7. The van der Waals surface area contributed by atoms with Crippen molar-refractivity contribution in [1.82, 2.24) is 4.90 Å². The average molecular weight is 259 g/mol. The molecule has 1 aromatic rings. The Kier molecular flexibility index (Phi) is 7.54. The number of benzene rings is 1. The molecule has 0 aliphatic carbocycles. The van der Waals surface area contributed by atoms with Gasteiger partial charge in [-0.3, -0.25) is 4.79 Å². The lowest BCUT2D eigenvalue weighted by atomic mass is 10.2. The zero-order valence-corrected chi connectivity index (χ0v) is 10.7. The van der Waals surface area contributed by atoms with Crippen molar-refractivity contribution in [3.05, 3.63) is 35.9 Å². The van der Waals surface area contributed by atoms with E-state index in [2.05, 4.69) is 0 Å². The Balaban J connectivity index is 0.00000256. The highest BCUT2D eigenvalue weighted by Gasteiger charge is 2.16. The quantitative estimate of drug-likeness (QED) is 0.820. The fraction of sp³-hybridized carbons (Fsp3) is 0.417. The Hall–Kier alpha value is -1.10. The number of hydrogen-bond acceptors (Lipinski definition) is 3. The summed E-state index contributed by atoms with van der Waals surface area (Å²) in [4.78, 5) is 13.3. The van der Waals surface area contributed by atoms with E-state index in [1.54, 1.807) is 11.8 Å². The van der Waals surface area contributed by atoms with E-state index in [1.165, 1.54) is 0 Å². The minimum atomic E-state index is -0.532. The van der Waals surface area contributed by atoms with E-state index < -0.39 is 6.04 Å². The minimum absolute atomic E-state index is 0. The van der Waals surface area contributed by atoms with Crippen molar-refractivity contribution in [3.63, 3.8) is 0 Å². The molecule has 1 atom stereocenters. The van der Waals surface area contributed by atoms with Crippen LogP contribution in [0, 0.1) is 0 Å². The van der Waals surface area contributed by atoms with Crippen LogP contribution in [0.5, 0.6) is 0 Å². The number of aliphatic hydroxyl groups is 1. The van der Waals surface area contributed by atoms with Crippen LogP contribution in [0.3, 0.4) is 0 Å². The third kappa shape index (κ3) is 5.17. The smallest absolute Gasteiger partial charge is 0.239 e. The van der Waals surface area contributed by atoms with Crippen molar-refractivity contribution in [2.45, 2.75) is 19.5 Å². The van der Waals surface area contributed by atoms with Gasteiger partial charge in [0.25, 0.3) is 0 Å². The van der Waals surface area contributed by atoms with Gasteiger partial charge in [-0.1, -0.05) is 30.3 Å². The second-order valence-electron chi connectivity index (χ2n) is 3.76. The highest BCUT2D eigenvalue weighted by molar-refractivity contribution is 5.85. The Morgan fingerprint density at radius 1 is 1.41 bits per heavy atom. The molecule has 0 radical (unpaired) electrons. The van der Waals surface area contributed by atoms with Gasteiger partial charge in [-0.25, -0.2) is 0 Å². The van der Waals surface area contributed by atoms with Crippen molar-refractivity contribution in [2.75, 3.05) is 13.2 Å². The summed E-state index contributed by atoms with van der Waals surface area (Å²) in [6.07, 6.45) is 0. The first-order valence-corrected chi connectivity index (χ1v) is 5.34. The number of hydrogen-bond donors (Lipinski definition) is 2. The van der Waals surface area contributed by atoms with Gasteiger partial charge in [-0.2, -0.15) is 0 Å². The summed E-state index contributed by atoms with van der Waals surface area (Å²) in [5.41, 5.74) is 6.58. The molecule has 0 saturated heterocycles. The Labute approximate surface area is 108 Å². The number of amides is 1. The van der Waals surface area contributed by atoms with Gasteiger partial charge in [0.1, 0.15) is 0 Å². The Morgan fingerprint density at radius 2 is 2.00 bits per heavy atom. The lowest BCUT2D eigenvalue weighted by Gasteiger charge is -2.23. The fourth-order valence-corrected chi connectivity index (χ4v) is 1.48. The molecule has 0 spiro atoms. The number of carbonyl (C=O) groups excluding carboxylic acids is 1. The molecule has 0 saturated carbocycles. The maximum Gasteiger partial charge on any atom is 0.239 e. The van der Waals surface area contributed by atoms with Gasteiger partial charge >= 0.3 is 0 Å². The Morgan fingerprint density at radius 3 is 2.47 bits per heavy atom. The molecule has 17 heavy (non-hydrogen) atoms. The molecular formula is C12H19ClN2O2. The summed E-state index contributed by atoms with van der Waals surface area (Å²) in [5.74, 6) is -0.141. The van der Waals surface area contributed by atoms with Crippen molar-refractivity contribution in [1.29, 1.82) is 0 Å². The molecule has 1 amide bonds. The molecule has 1 unspecified atom stereocenters. The number of carbonyl (C=O) groups is 1. The van der Waals surface area contributed by atoms with E-state index in [0.29, 0.717) is 13.1 Å². The molecule has 1 rings (SSSR count). The SMILES string of the molecule is CC(N)C(=O)N(CCO)Cc1ccccc1.Cl. The largest absolute Gasteiger partial charge is 0.395 e. The van der Waals surface area contributed by atoms with Gasteiger partial charge in [-0.15, -0.1) is 12.4 Å². The number of aliphatic hydroxyl groups excluding tert-OH is 1. The number of nitrogens with two attached hydrogens (primary N) is 1. The molecule has 0 aromatic heterocycles. The molecule has 0 aliphatic heterocycles. The zero-order valence-electron chi connectivity index (χ0n) is 9.87. The second-order valence-corrected chi connectivity index (χ2v) is 3.76. The fourth-order valence-electron chi connectivity index (χ4n) is 1.48. The first-order valence-electron chi connectivity index (χ1n) is 5.34. The predicted octanol–water partition coefficient (Wildman–Crippen LogP) is 0.777. The second kappa shape index (κ2) is 8.06. The van der Waals surface area contributed by atoms with Crippen LogP contribution in [0.2, 0.25) is 0 Å². The van der Waals surface area contributed by atoms with Crippen molar-refractivity contribution >= 4 is 18.3 Å². The first-order chi connectivity index (χ1) is 7.65. The van der Waals surface area contributed by atoms with Gasteiger partial charge in [-0.05, 0) is 12.5 Å². The third-order valence-electron chi connectivity index (χ3n) is 2.29. The topological polar surface area (TPSA) is 66.6 Å². The molecule has 3 N–H and O–H groups in total. The highest BCUT2D eigenvalue weighted by Crippen LogP contribution is 2.05. The van der Waals surface area contributed by atoms with Crippen LogP contribution < -0.4 is 5.73 Å². The van der Waals surface area contributed by atoms with E-state index in [0.717, 1.165) is 5.56 Å². The summed E-state index contributed by atoms with van der Waals surface area (Å²) in [6, 6.07) is 9.12. The van der Waals surface area contributed by atoms with Gasteiger partial charge < -0.3 is 15.7 Å². The van der Waals surface area contributed by atoms with E-state index in [4.69, 9.17) is 10.8 Å². The molecule has 4 nitrogen and oxygen atoms in total. The van der Waals surface area contributed by atoms with Crippen LogP contribution in [-0.4, -0.2) is 35.1 Å². The molecule has 0 fully saturated rings. The van der Waals surface area contributed by atoms with E-state index in [-0.39, 0.29) is 24.9 Å². The monoisotopic (exact) mass is 258 g/mol. The summed E-state index contributed by atoms with van der Waals surface area (Å²) >= 11 is 0. The van der Waals surface area contributed by atoms with E-state index >= 15 is 0 Å².